The van der Waals surface area contributed by atoms with E-state index in [1.54, 1.807) is 22.4 Å². The summed E-state index contributed by atoms with van der Waals surface area (Å²) in [5.74, 6) is 0. The van der Waals surface area contributed by atoms with Gasteiger partial charge in [0.1, 0.15) is 5.69 Å². The highest BCUT2D eigenvalue weighted by Crippen LogP contribution is 2.23. The van der Waals surface area contributed by atoms with Crippen molar-refractivity contribution in [1.29, 1.82) is 0 Å². The molecule has 1 aliphatic heterocycles. The molecule has 26 heavy (non-hydrogen) atoms. The molecule has 0 N–H and O–H groups in total. The van der Waals surface area contributed by atoms with Crippen molar-refractivity contribution in [1.82, 2.24) is 19.7 Å². The van der Waals surface area contributed by atoms with E-state index in [1.165, 1.54) is 10.4 Å². The van der Waals surface area contributed by atoms with Crippen LogP contribution in [0.4, 0.5) is 4.79 Å². The zero-order valence-electron chi connectivity index (χ0n) is 14.3. The number of aromatic nitrogens is 2. The van der Waals surface area contributed by atoms with Crippen LogP contribution in [0.2, 0.25) is 0 Å². The fourth-order valence-corrected chi connectivity index (χ4v) is 3.75. The third kappa shape index (κ3) is 3.79. The van der Waals surface area contributed by atoms with Crippen LogP contribution in [-0.2, 0) is 6.54 Å². The molecule has 0 bridgehead atoms. The van der Waals surface area contributed by atoms with Crippen molar-refractivity contribution < 1.29 is 9.63 Å². The van der Waals surface area contributed by atoms with E-state index < -0.39 is 0 Å². The second-order valence-electron chi connectivity index (χ2n) is 6.17. The molecule has 0 radical (unpaired) electrons. The van der Waals surface area contributed by atoms with E-state index in [4.69, 9.17) is 4.84 Å². The Morgan fingerprint density at radius 1 is 1.04 bits per heavy atom. The number of nitrogens with zero attached hydrogens (tertiary/aromatic N) is 4. The van der Waals surface area contributed by atoms with Gasteiger partial charge in [0.05, 0.1) is 11.1 Å². The molecule has 134 valence electrons. The molecule has 1 saturated heterocycles. The van der Waals surface area contributed by atoms with Crippen molar-refractivity contribution in [3.8, 4) is 10.6 Å². The first-order valence-corrected chi connectivity index (χ1v) is 9.49. The van der Waals surface area contributed by atoms with Crippen LogP contribution in [0.25, 0.3) is 10.6 Å². The van der Waals surface area contributed by atoms with Crippen LogP contribution in [0.3, 0.4) is 0 Å². The summed E-state index contributed by atoms with van der Waals surface area (Å²) in [7, 11) is 0. The van der Waals surface area contributed by atoms with E-state index in [0.717, 1.165) is 30.2 Å². The molecule has 1 aromatic carbocycles. The fourth-order valence-electron chi connectivity index (χ4n) is 3.03. The molecular formula is C19H20N4O2S. The monoisotopic (exact) mass is 368 g/mol. The van der Waals surface area contributed by atoms with Crippen LogP contribution < -0.4 is 4.84 Å². The Labute approximate surface area is 156 Å². The topological polar surface area (TPSA) is 50.6 Å². The average Bonchev–Trinajstić information content (AvgIpc) is 3.34. The SMILES string of the molecule is O=C(On1nccc1-c1cccs1)N1CCN(Cc2ccccc2)CC1. The molecule has 0 atom stereocenters. The largest absolute Gasteiger partial charge is 0.436 e. The Kier molecular flexibility index (Phi) is 4.99. The van der Waals surface area contributed by atoms with Crippen molar-refractivity contribution in [2.45, 2.75) is 6.54 Å². The minimum Gasteiger partial charge on any atom is -0.304 e. The molecule has 2 aromatic heterocycles. The number of benzene rings is 1. The third-order valence-electron chi connectivity index (χ3n) is 4.43. The minimum atomic E-state index is -0.356. The lowest BCUT2D eigenvalue weighted by Gasteiger charge is -2.33. The van der Waals surface area contributed by atoms with Gasteiger partial charge in [0.15, 0.2) is 0 Å². The molecule has 1 amide bonds. The molecule has 3 aromatic rings. The van der Waals surface area contributed by atoms with Gasteiger partial charge in [-0.1, -0.05) is 41.2 Å². The predicted molar refractivity (Wildman–Crippen MR) is 101 cm³/mol. The average molecular weight is 368 g/mol. The van der Waals surface area contributed by atoms with Crippen LogP contribution in [-0.4, -0.2) is 52.0 Å². The van der Waals surface area contributed by atoms with Gasteiger partial charge < -0.3 is 4.90 Å². The zero-order chi connectivity index (χ0) is 17.8. The zero-order valence-corrected chi connectivity index (χ0v) is 15.1. The smallest absolute Gasteiger partial charge is 0.304 e. The van der Waals surface area contributed by atoms with Crippen molar-refractivity contribution in [3.63, 3.8) is 0 Å². The summed E-state index contributed by atoms with van der Waals surface area (Å²) < 4.78 is 0. The number of carbonyl (C=O) groups excluding carboxylic acids is 1. The number of carbonyl (C=O) groups is 1. The second kappa shape index (κ2) is 7.72. The van der Waals surface area contributed by atoms with E-state index in [2.05, 4.69) is 34.3 Å². The van der Waals surface area contributed by atoms with E-state index in [0.29, 0.717) is 13.1 Å². The van der Waals surface area contributed by atoms with E-state index in [-0.39, 0.29) is 6.09 Å². The van der Waals surface area contributed by atoms with Crippen molar-refractivity contribution in [3.05, 3.63) is 65.7 Å². The highest BCUT2D eigenvalue weighted by Gasteiger charge is 2.24. The number of hydrogen-bond acceptors (Lipinski definition) is 5. The molecule has 0 unspecified atom stereocenters. The maximum atomic E-state index is 12.5. The lowest BCUT2D eigenvalue weighted by atomic mass is 10.2. The Morgan fingerprint density at radius 3 is 2.58 bits per heavy atom. The summed E-state index contributed by atoms with van der Waals surface area (Å²) >= 11 is 1.59. The van der Waals surface area contributed by atoms with Gasteiger partial charge >= 0.3 is 6.09 Å². The Hall–Kier alpha value is -2.64. The summed E-state index contributed by atoms with van der Waals surface area (Å²) in [4.78, 5) is 24.4. The normalized spacial score (nSPS) is 15.2. The van der Waals surface area contributed by atoms with Crippen molar-refractivity contribution in [2.24, 2.45) is 0 Å². The third-order valence-corrected chi connectivity index (χ3v) is 5.32. The first-order valence-electron chi connectivity index (χ1n) is 8.61. The van der Waals surface area contributed by atoms with Crippen LogP contribution >= 0.6 is 11.3 Å². The number of thiophene rings is 1. The molecule has 1 aliphatic rings. The summed E-state index contributed by atoms with van der Waals surface area (Å²) in [5.41, 5.74) is 2.08. The first kappa shape index (κ1) is 16.8. The van der Waals surface area contributed by atoms with Crippen LogP contribution in [0.5, 0.6) is 0 Å². The van der Waals surface area contributed by atoms with E-state index in [1.807, 2.05) is 29.6 Å². The van der Waals surface area contributed by atoms with Gasteiger partial charge in [-0.05, 0) is 23.1 Å². The molecule has 0 aliphatic carbocycles. The summed E-state index contributed by atoms with van der Waals surface area (Å²) in [6, 6.07) is 16.2. The highest BCUT2D eigenvalue weighted by molar-refractivity contribution is 7.13. The minimum absolute atomic E-state index is 0.356. The van der Waals surface area contributed by atoms with E-state index in [9.17, 15) is 4.79 Å². The van der Waals surface area contributed by atoms with Gasteiger partial charge in [0.2, 0.25) is 0 Å². The van der Waals surface area contributed by atoms with E-state index >= 15 is 0 Å². The number of rotatable bonds is 4. The highest BCUT2D eigenvalue weighted by atomic mass is 32.1. The molecule has 1 fully saturated rings. The molecular weight excluding hydrogens is 348 g/mol. The van der Waals surface area contributed by atoms with Crippen LogP contribution in [0.15, 0.2) is 60.1 Å². The molecule has 0 spiro atoms. The summed E-state index contributed by atoms with van der Waals surface area (Å²) in [5, 5.41) is 6.11. The van der Waals surface area contributed by atoms with Gasteiger partial charge in [-0.3, -0.25) is 9.74 Å². The van der Waals surface area contributed by atoms with Gasteiger partial charge in [0, 0.05) is 32.7 Å². The molecule has 4 rings (SSSR count). The number of amides is 1. The molecule has 6 nitrogen and oxygen atoms in total. The fraction of sp³-hybridized carbons (Fsp3) is 0.263. The maximum absolute atomic E-state index is 12.5. The van der Waals surface area contributed by atoms with Crippen molar-refractivity contribution in [2.75, 3.05) is 26.2 Å². The van der Waals surface area contributed by atoms with Crippen LogP contribution in [0, 0.1) is 0 Å². The summed E-state index contributed by atoms with van der Waals surface area (Å²) in [6.45, 7) is 3.88. The van der Waals surface area contributed by atoms with Gasteiger partial charge in [-0.2, -0.15) is 0 Å². The molecule has 0 saturated carbocycles. The standard InChI is InChI=1S/C19H20N4O2S/c24-19(25-23-17(8-9-20-23)18-7-4-14-26-18)22-12-10-21(11-13-22)15-16-5-2-1-3-6-16/h1-9,14H,10-13,15H2. The van der Waals surface area contributed by atoms with Crippen LogP contribution in [0.1, 0.15) is 5.56 Å². The number of hydrogen-bond donors (Lipinski definition) is 0. The lowest BCUT2D eigenvalue weighted by Crippen LogP contribution is -2.50. The Balaban J connectivity index is 1.32. The summed E-state index contributed by atoms with van der Waals surface area (Å²) in [6.07, 6.45) is 1.28. The Bertz CT molecular complexity index is 840. The molecule has 3 heterocycles. The molecule has 7 heteroatoms. The van der Waals surface area contributed by atoms with Gasteiger partial charge in [0.25, 0.3) is 0 Å². The maximum Gasteiger partial charge on any atom is 0.436 e. The van der Waals surface area contributed by atoms with Crippen molar-refractivity contribution >= 4 is 17.4 Å². The van der Waals surface area contributed by atoms with Gasteiger partial charge in [-0.25, -0.2) is 4.79 Å². The lowest BCUT2D eigenvalue weighted by molar-refractivity contribution is 0.0594. The Morgan fingerprint density at radius 2 is 1.85 bits per heavy atom. The quantitative estimate of drug-likeness (QED) is 0.710. The number of piperazine rings is 1. The second-order valence-corrected chi connectivity index (χ2v) is 7.12. The van der Waals surface area contributed by atoms with Gasteiger partial charge in [-0.15, -0.1) is 16.4 Å². The predicted octanol–water partition coefficient (Wildman–Crippen LogP) is 2.98. The first-order chi connectivity index (χ1) is 12.8.